The number of fused-ring (bicyclic) bond motifs is 2. The molecule has 0 bridgehead atoms. The fraction of sp³-hybridized carbons (Fsp3) is 0.391. The number of aryl methyl sites for hydroxylation is 2. The number of aliphatic hydroxyl groups is 1. The molecule has 0 atom stereocenters. The van der Waals surface area contributed by atoms with Crippen LogP contribution < -0.4 is 5.32 Å². The van der Waals surface area contributed by atoms with Gasteiger partial charge in [-0.05, 0) is 92.3 Å². The number of rotatable bonds is 5. The highest BCUT2D eigenvalue weighted by molar-refractivity contribution is 7.91. The highest BCUT2D eigenvalue weighted by atomic mass is 32.2. The van der Waals surface area contributed by atoms with Crippen molar-refractivity contribution >= 4 is 21.5 Å². The van der Waals surface area contributed by atoms with Crippen molar-refractivity contribution in [3.8, 4) is 0 Å². The summed E-state index contributed by atoms with van der Waals surface area (Å²) in [5.41, 5.74) is 5.83. The summed E-state index contributed by atoms with van der Waals surface area (Å²) in [5.74, 6) is 0.256. The molecular weight excluding hydrogens is 412 g/mol. The van der Waals surface area contributed by atoms with Gasteiger partial charge in [0.05, 0.1) is 10.5 Å². The molecule has 1 aromatic heterocycles. The molecule has 1 heterocycles. The van der Waals surface area contributed by atoms with Crippen LogP contribution in [-0.4, -0.2) is 28.7 Å². The van der Waals surface area contributed by atoms with E-state index in [1.54, 1.807) is 26.0 Å². The van der Waals surface area contributed by atoms with Crippen LogP contribution in [0.5, 0.6) is 0 Å². The molecule has 0 saturated heterocycles. The number of H-pyrrole nitrogens is 1. The Hall–Kier alpha value is -2.71. The van der Waals surface area contributed by atoms with Crippen molar-refractivity contribution in [1.82, 2.24) is 15.2 Å². The number of sulfone groups is 1. The minimum absolute atomic E-state index is 0.0660. The van der Waals surface area contributed by atoms with Crippen LogP contribution >= 0.6 is 0 Å². The molecule has 0 fully saturated rings. The van der Waals surface area contributed by atoms with Gasteiger partial charge < -0.3 is 10.4 Å². The standard InChI is InChI=1S/C23H26N4O3S/c1-23(2,28)16-8-5-9-17(13-16)31(29,30)22-25-21(26-27-22)24-20-18-10-3-6-14(18)12-15-7-4-11-19(15)20/h5,8-9,12-13,28H,3-4,6-7,10-11H2,1-2H3,(H2,24,25,26,27). The predicted octanol–water partition coefficient (Wildman–Crippen LogP) is 3.59. The Morgan fingerprint density at radius 3 is 2.35 bits per heavy atom. The quantitative estimate of drug-likeness (QED) is 0.562. The van der Waals surface area contributed by atoms with Crippen LogP contribution in [0.2, 0.25) is 0 Å². The maximum atomic E-state index is 13.1. The number of benzene rings is 2. The fourth-order valence-electron chi connectivity index (χ4n) is 4.66. The highest BCUT2D eigenvalue weighted by Crippen LogP contribution is 2.39. The molecule has 0 saturated carbocycles. The van der Waals surface area contributed by atoms with Gasteiger partial charge in [0.1, 0.15) is 0 Å². The van der Waals surface area contributed by atoms with E-state index < -0.39 is 15.4 Å². The molecule has 0 unspecified atom stereocenters. The molecule has 2 aromatic carbocycles. The SMILES string of the molecule is CC(C)(O)c1cccc(S(=O)(=O)c2nc(Nc3c4c(cc5c3CCC5)CCC4)n[nH]2)c1. The van der Waals surface area contributed by atoms with Gasteiger partial charge in [0.2, 0.25) is 20.9 Å². The van der Waals surface area contributed by atoms with Gasteiger partial charge in [0.25, 0.3) is 0 Å². The summed E-state index contributed by atoms with van der Waals surface area (Å²) in [6.07, 6.45) is 6.48. The smallest absolute Gasteiger partial charge is 0.249 e. The summed E-state index contributed by atoms with van der Waals surface area (Å²) in [7, 11) is -3.90. The normalized spacial score (nSPS) is 15.7. The lowest BCUT2D eigenvalue weighted by atomic mass is 9.99. The largest absolute Gasteiger partial charge is 0.386 e. The molecule has 2 aliphatic rings. The van der Waals surface area contributed by atoms with Gasteiger partial charge in [-0.2, -0.15) is 4.98 Å². The van der Waals surface area contributed by atoms with Crippen molar-refractivity contribution in [2.24, 2.45) is 0 Å². The maximum absolute atomic E-state index is 13.1. The van der Waals surface area contributed by atoms with E-state index in [0.717, 1.165) is 44.2 Å². The van der Waals surface area contributed by atoms with E-state index >= 15 is 0 Å². The second-order valence-corrected chi connectivity index (χ2v) is 10.8. The first-order valence-corrected chi connectivity index (χ1v) is 12.2. The number of aromatic nitrogens is 3. The summed E-state index contributed by atoms with van der Waals surface area (Å²) in [6.45, 7) is 3.23. The van der Waals surface area contributed by atoms with E-state index in [0.29, 0.717) is 5.56 Å². The van der Waals surface area contributed by atoms with Gasteiger partial charge in [0, 0.05) is 5.69 Å². The molecule has 0 amide bonds. The van der Waals surface area contributed by atoms with Crippen molar-refractivity contribution in [3.05, 3.63) is 58.1 Å². The van der Waals surface area contributed by atoms with Gasteiger partial charge in [-0.1, -0.05) is 18.2 Å². The minimum Gasteiger partial charge on any atom is -0.386 e. The molecule has 2 aliphatic carbocycles. The molecule has 31 heavy (non-hydrogen) atoms. The number of aromatic amines is 1. The molecule has 162 valence electrons. The third kappa shape index (κ3) is 3.53. The zero-order valence-corrected chi connectivity index (χ0v) is 18.5. The molecule has 0 spiro atoms. The van der Waals surface area contributed by atoms with Crippen LogP contribution in [0.25, 0.3) is 0 Å². The Bertz CT molecular complexity index is 1240. The third-order valence-electron chi connectivity index (χ3n) is 6.28. The second-order valence-electron chi connectivity index (χ2n) is 8.91. The van der Waals surface area contributed by atoms with Gasteiger partial charge in [-0.15, -0.1) is 5.10 Å². The lowest BCUT2D eigenvalue weighted by Gasteiger charge is -2.18. The van der Waals surface area contributed by atoms with Crippen molar-refractivity contribution in [1.29, 1.82) is 0 Å². The second kappa shape index (κ2) is 7.17. The average Bonchev–Trinajstić information content (AvgIpc) is 3.47. The van der Waals surface area contributed by atoms with Crippen LogP contribution in [0.15, 0.2) is 40.4 Å². The Morgan fingerprint density at radius 1 is 1.03 bits per heavy atom. The Labute approximate surface area is 181 Å². The first-order valence-electron chi connectivity index (χ1n) is 10.7. The average molecular weight is 439 g/mol. The number of hydrogen-bond donors (Lipinski definition) is 3. The predicted molar refractivity (Wildman–Crippen MR) is 117 cm³/mol. The third-order valence-corrected chi connectivity index (χ3v) is 7.85. The summed E-state index contributed by atoms with van der Waals surface area (Å²) in [5, 5.41) is 20.1. The lowest BCUT2D eigenvalue weighted by molar-refractivity contribution is 0.0784. The molecule has 5 rings (SSSR count). The van der Waals surface area contributed by atoms with Gasteiger partial charge in [-0.3, -0.25) is 0 Å². The van der Waals surface area contributed by atoms with Crippen molar-refractivity contribution in [2.75, 3.05) is 5.32 Å². The Kier molecular flexibility index (Phi) is 4.67. The molecule has 7 nitrogen and oxygen atoms in total. The van der Waals surface area contributed by atoms with E-state index in [9.17, 15) is 13.5 Å². The molecule has 3 aromatic rings. The van der Waals surface area contributed by atoms with Gasteiger partial charge >= 0.3 is 0 Å². The highest BCUT2D eigenvalue weighted by Gasteiger charge is 2.27. The molecular formula is C23H26N4O3S. The van der Waals surface area contributed by atoms with Crippen molar-refractivity contribution < 1.29 is 13.5 Å². The lowest BCUT2D eigenvalue weighted by Crippen LogP contribution is -2.16. The van der Waals surface area contributed by atoms with Crippen LogP contribution in [0.1, 0.15) is 54.5 Å². The number of nitrogens with zero attached hydrogens (tertiary/aromatic N) is 2. The Balaban J connectivity index is 1.48. The molecule has 8 heteroatoms. The zero-order valence-electron chi connectivity index (χ0n) is 17.7. The van der Waals surface area contributed by atoms with Crippen molar-refractivity contribution in [3.63, 3.8) is 0 Å². The number of nitrogens with one attached hydrogen (secondary N) is 2. The topological polar surface area (TPSA) is 108 Å². The molecule has 0 radical (unpaired) electrons. The fourth-order valence-corrected chi connectivity index (χ4v) is 5.79. The number of hydrogen-bond acceptors (Lipinski definition) is 6. The monoisotopic (exact) mass is 438 g/mol. The van der Waals surface area contributed by atoms with Crippen LogP contribution in [-0.2, 0) is 41.1 Å². The summed E-state index contributed by atoms with van der Waals surface area (Å²) in [4.78, 5) is 4.33. The van der Waals surface area contributed by atoms with Gasteiger partial charge in [0.15, 0.2) is 0 Å². The summed E-state index contributed by atoms with van der Waals surface area (Å²) in [6, 6.07) is 8.63. The first kappa shape index (κ1) is 20.2. The Morgan fingerprint density at radius 2 is 1.71 bits per heavy atom. The summed E-state index contributed by atoms with van der Waals surface area (Å²) < 4.78 is 26.2. The minimum atomic E-state index is -3.90. The molecule has 3 N–H and O–H groups in total. The van der Waals surface area contributed by atoms with Gasteiger partial charge in [-0.25, -0.2) is 13.5 Å². The first-order chi connectivity index (χ1) is 14.7. The van der Waals surface area contributed by atoms with Crippen LogP contribution in [0.4, 0.5) is 11.6 Å². The van der Waals surface area contributed by atoms with E-state index in [4.69, 9.17) is 0 Å². The zero-order chi connectivity index (χ0) is 21.8. The van der Waals surface area contributed by atoms with Crippen LogP contribution in [0.3, 0.4) is 0 Å². The summed E-state index contributed by atoms with van der Waals surface area (Å²) >= 11 is 0. The van der Waals surface area contributed by atoms with E-state index in [2.05, 4.69) is 26.6 Å². The van der Waals surface area contributed by atoms with Crippen LogP contribution in [0, 0.1) is 0 Å². The van der Waals surface area contributed by atoms with E-state index in [-0.39, 0.29) is 16.0 Å². The van der Waals surface area contributed by atoms with E-state index in [1.165, 1.54) is 34.4 Å². The van der Waals surface area contributed by atoms with Crippen molar-refractivity contribution in [2.45, 2.75) is 68.0 Å². The maximum Gasteiger partial charge on any atom is 0.249 e. The number of anilines is 2. The molecule has 0 aliphatic heterocycles. The van der Waals surface area contributed by atoms with E-state index in [1.807, 2.05) is 0 Å².